The molecule has 4 nitrogen and oxygen atoms in total. The van der Waals surface area contributed by atoms with Crippen LogP contribution in [0.2, 0.25) is 0 Å². The second-order valence-electron chi connectivity index (χ2n) is 3.24. The lowest BCUT2D eigenvalue weighted by molar-refractivity contribution is 0.101. The molecule has 0 aliphatic rings. The summed E-state index contributed by atoms with van der Waals surface area (Å²) in [6.45, 7) is 3.23. The van der Waals surface area contributed by atoms with Crippen molar-refractivity contribution in [2.24, 2.45) is 0 Å². The van der Waals surface area contributed by atoms with Gasteiger partial charge in [-0.05, 0) is 13.0 Å². The third-order valence-electron chi connectivity index (χ3n) is 2.18. The number of H-pyrrole nitrogens is 1. The lowest BCUT2D eigenvalue weighted by atomic mass is 10.2. The highest BCUT2D eigenvalue weighted by molar-refractivity contribution is 5.94. The largest absolute Gasteiger partial charge is 0.343 e. The summed E-state index contributed by atoms with van der Waals surface area (Å²) >= 11 is 0. The lowest BCUT2D eigenvalue weighted by Gasteiger charge is -1.95. The van der Waals surface area contributed by atoms with Crippen LogP contribution in [0.5, 0.6) is 0 Å². The van der Waals surface area contributed by atoms with E-state index in [4.69, 9.17) is 0 Å². The van der Waals surface area contributed by atoms with Crippen LogP contribution in [0.25, 0.3) is 5.65 Å². The zero-order valence-electron chi connectivity index (χ0n) is 8.00. The minimum absolute atomic E-state index is 0.109. The van der Waals surface area contributed by atoms with E-state index in [1.165, 1.54) is 17.4 Å². The highest BCUT2D eigenvalue weighted by Crippen LogP contribution is 2.09. The Bertz CT molecular complexity index is 563. The van der Waals surface area contributed by atoms with Crippen molar-refractivity contribution < 1.29 is 4.79 Å². The van der Waals surface area contributed by atoms with Crippen LogP contribution in [0.15, 0.2) is 23.0 Å². The Morgan fingerprint density at radius 3 is 2.79 bits per heavy atom. The molecule has 0 amide bonds. The number of aryl methyl sites for hydroxylation is 1. The van der Waals surface area contributed by atoms with Gasteiger partial charge in [0, 0.05) is 18.7 Å². The number of hydrogen-bond acceptors (Lipinski definition) is 2. The van der Waals surface area contributed by atoms with Crippen LogP contribution in [0.3, 0.4) is 0 Å². The highest BCUT2D eigenvalue weighted by atomic mass is 16.1. The first-order valence-corrected chi connectivity index (χ1v) is 4.32. The summed E-state index contributed by atoms with van der Waals surface area (Å²) in [7, 11) is 0. The van der Waals surface area contributed by atoms with E-state index < -0.39 is 0 Å². The van der Waals surface area contributed by atoms with Crippen LogP contribution in [-0.2, 0) is 0 Å². The van der Waals surface area contributed by atoms with E-state index >= 15 is 0 Å². The van der Waals surface area contributed by atoms with Crippen LogP contribution >= 0.6 is 0 Å². The SMILES string of the molecule is CC(=O)c1c(C)[nH]c2cccc(=O)n12. The zero-order chi connectivity index (χ0) is 10.3. The van der Waals surface area contributed by atoms with Crippen molar-refractivity contribution in [3.05, 3.63) is 39.9 Å². The molecule has 0 aliphatic carbocycles. The Morgan fingerprint density at radius 2 is 2.14 bits per heavy atom. The van der Waals surface area contributed by atoms with E-state index in [1.54, 1.807) is 19.1 Å². The van der Waals surface area contributed by atoms with Gasteiger partial charge in [-0.2, -0.15) is 0 Å². The third-order valence-corrected chi connectivity index (χ3v) is 2.18. The molecule has 0 unspecified atom stereocenters. The number of Topliss-reactive ketones (excluding diaryl/α,β-unsaturated/α-hetero) is 1. The van der Waals surface area contributed by atoms with E-state index in [0.29, 0.717) is 11.3 Å². The molecule has 0 atom stereocenters. The molecule has 1 N–H and O–H groups in total. The van der Waals surface area contributed by atoms with Gasteiger partial charge in [0.1, 0.15) is 11.3 Å². The fourth-order valence-electron chi connectivity index (χ4n) is 1.66. The molecule has 0 fully saturated rings. The van der Waals surface area contributed by atoms with Gasteiger partial charge in [0.15, 0.2) is 5.78 Å². The maximum Gasteiger partial charge on any atom is 0.256 e. The first-order valence-electron chi connectivity index (χ1n) is 4.32. The van der Waals surface area contributed by atoms with Crippen molar-refractivity contribution in [2.75, 3.05) is 0 Å². The molecular formula is C10H10N2O2. The number of hydrogen-bond donors (Lipinski definition) is 1. The molecule has 0 aliphatic heterocycles. The number of aromatic amines is 1. The van der Waals surface area contributed by atoms with Crippen molar-refractivity contribution in [1.29, 1.82) is 0 Å². The Kier molecular flexibility index (Phi) is 1.77. The number of nitrogens with zero attached hydrogens (tertiary/aromatic N) is 1. The smallest absolute Gasteiger partial charge is 0.256 e. The van der Waals surface area contributed by atoms with Crippen molar-refractivity contribution in [1.82, 2.24) is 9.38 Å². The molecule has 0 spiro atoms. The monoisotopic (exact) mass is 190 g/mol. The molecule has 4 heteroatoms. The Labute approximate surface area is 80.2 Å². The summed E-state index contributed by atoms with van der Waals surface area (Å²) in [6, 6.07) is 4.87. The fourth-order valence-corrected chi connectivity index (χ4v) is 1.66. The Balaban J connectivity index is 3.01. The standard InChI is InChI=1S/C10H10N2O2/c1-6-10(7(2)13)12-8(11-6)4-3-5-9(12)14/h3-5,11H,1-2H3. The van der Waals surface area contributed by atoms with Crippen molar-refractivity contribution >= 4 is 11.4 Å². The summed E-state index contributed by atoms with van der Waals surface area (Å²) in [6.07, 6.45) is 0. The molecule has 0 saturated carbocycles. The molecule has 0 bridgehead atoms. The minimum Gasteiger partial charge on any atom is -0.343 e. The topological polar surface area (TPSA) is 54.3 Å². The number of pyridine rings is 1. The van der Waals surface area contributed by atoms with Crippen LogP contribution in [0.4, 0.5) is 0 Å². The van der Waals surface area contributed by atoms with Crippen LogP contribution in [0, 0.1) is 6.92 Å². The average Bonchev–Trinajstić information content (AvgIpc) is 2.42. The predicted octanol–water partition coefficient (Wildman–Crippen LogP) is 1.14. The van der Waals surface area contributed by atoms with Gasteiger partial charge in [-0.3, -0.25) is 14.0 Å². The minimum atomic E-state index is -0.183. The van der Waals surface area contributed by atoms with Gasteiger partial charge in [0.25, 0.3) is 5.56 Å². The van der Waals surface area contributed by atoms with Crippen LogP contribution < -0.4 is 5.56 Å². The fraction of sp³-hybridized carbons (Fsp3) is 0.200. The highest BCUT2D eigenvalue weighted by Gasteiger charge is 2.12. The number of carbonyl (C=O) groups is 1. The summed E-state index contributed by atoms with van der Waals surface area (Å²) < 4.78 is 1.40. The average molecular weight is 190 g/mol. The van der Waals surface area contributed by atoms with Crippen molar-refractivity contribution in [2.45, 2.75) is 13.8 Å². The molecular weight excluding hydrogens is 180 g/mol. The number of rotatable bonds is 1. The molecule has 2 rings (SSSR count). The first-order chi connectivity index (χ1) is 6.61. The molecule has 0 saturated heterocycles. The number of imidazole rings is 1. The number of nitrogens with one attached hydrogen (secondary N) is 1. The predicted molar refractivity (Wildman–Crippen MR) is 52.8 cm³/mol. The zero-order valence-corrected chi connectivity index (χ0v) is 8.00. The molecule has 0 radical (unpaired) electrons. The lowest BCUT2D eigenvalue weighted by Crippen LogP contribution is -2.15. The summed E-state index contributed by atoms with van der Waals surface area (Å²) in [5.41, 5.74) is 1.63. The van der Waals surface area contributed by atoms with E-state index in [9.17, 15) is 9.59 Å². The van der Waals surface area contributed by atoms with Gasteiger partial charge in [-0.1, -0.05) is 6.07 Å². The van der Waals surface area contributed by atoms with E-state index in [-0.39, 0.29) is 11.3 Å². The maximum absolute atomic E-state index is 11.5. The number of ketones is 1. The van der Waals surface area contributed by atoms with E-state index in [1.807, 2.05) is 0 Å². The van der Waals surface area contributed by atoms with Gasteiger partial charge in [-0.25, -0.2) is 0 Å². The Morgan fingerprint density at radius 1 is 1.43 bits per heavy atom. The van der Waals surface area contributed by atoms with Crippen LogP contribution in [0.1, 0.15) is 23.1 Å². The molecule has 2 aromatic rings. The molecule has 2 heterocycles. The van der Waals surface area contributed by atoms with Crippen molar-refractivity contribution in [3.63, 3.8) is 0 Å². The second kappa shape index (κ2) is 2.83. The molecule has 2 aromatic heterocycles. The summed E-state index contributed by atoms with van der Waals surface area (Å²) in [5, 5.41) is 0. The Hall–Kier alpha value is -1.84. The number of fused-ring (bicyclic) bond motifs is 1. The van der Waals surface area contributed by atoms with Gasteiger partial charge in [0.2, 0.25) is 0 Å². The summed E-state index contributed by atoms with van der Waals surface area (Å²) in [5.74, 6) is -0.109. The molecule has 14 heavy (non-hydrogen) atoms. The molecule has 0 aromatic carbocycles. The van der Waals surface area contributed by atoms with Gasteiger partial charge in [-0.15, -0.1) is 0 Å². The van der Waals surface area contributed by atoms with E-state index in [0.717, 1.165) is 5.69 Å². The van der Waals surface area contributed by atoms with Crippen molar-refractivity contribution in [3.8, 4) is 0 Å². The second-order valence-corrected chi connectivity index (χ2v) is 3.24. The third kappa shape index (κ3) is 1.08. The van der Waals surface area contributed by atoms with Gasteiger partial charge in [0.05, 0.1) is 0 Å². The maximum atomic E-state index is 11.5. The van der Waals surface area contributed by atoms with Gasteiger partial charge >= 0.3 is 0 Å². The number of carbonyl (C=O) groups excluding carboxylic acids is 1. The van der Waals surface area contributed by atoms with Crippen LogP contribution in [-0.4, -0.2) is 15.2 Å². The van der Waals surface area contributed by atoms with E-state index in [2.05, 4.69) is 4.98 Å². The quantitative estimate of drug-likeness (QED) is 0.685. The summed E-state index contributed by atoms with van der Waals surface area (Å²) in [4.78, 5) is 25.8. The normalized spacial score (nSPS) is 10.7. The molecule has 72 valence electrons. The van der Waals surface area contributed by atoms with Gasteiger partial charge < -0.3 is 4.98 Å². The number of aromatic nitrogens is 2. The first kappa shape index (κ1) is 8.74.